The molecule has 1 aromatic carbocycles. The van der Waals surface area contributed by atoms with Gasteiger partial charge in [0.2, 0.25) is 5.91 Å². The molecular formula is C22H29N3O3. The number of likely N-dealkylation sites (tertiary alicyclic amines) is 1. The zero-order valence-corrected chi connectivity index (χ0v) is 16.9. The number of hydrogen-bond acceptors (Lipinski definition) is 4. The summed E-state index contributed by atoms with van der Waals surface area (Å²) < 4.78 is 7.70. The third-order valence-electron chi connectivity index (χ3n) is 7.04. The Morgan fingerprint density at radius 3 is 2.64 bits per heavy atom. The number of hydrogen-bond donors (Lipinski definition) is 1. The molecule has 1 N–H and O–H groups in total. The van der Waals surface area contributed by atoms with Crippen molar-refractivity contribution in [1.82, 2.24) is 14.4 Å². The molecule has 28 heavy (non-hydrogen) atoms. The molecule has 1 aromatic heterocycles. The number of aliphatic hydroxyl groups excluding tert-OH is 1. The number of aliphatic hydroxyl groups is 1. The van der Waals surface area contributed by atoms with E-state index in [2.05, 4.69) is 28.6 Å². The highest BCUT2D eigenvalue weighted by atomic mass is 16.5. The van der Waals surface area contributed by atoms with Crippen LogP contribution >= 0.6 is 0 Å². The largest absolute Gasteiger partial charge is 0.497 e. The van der Waals surface area contributed by atoms with Crippen LogP contribution in [0.25, 0.3) is 10.9 Å². The molecule has 1 saturated heterocycles. The molecule has 6 heteroatoms. The highest BCUT2D eigenvalue weighted by molar-refractivity contribution is 5.89. The quantitative estimate of drug-likeness (QED) is 0.878. The van der Waals surface area contributed by atoms with Gasteiger partial charge in [0.15, 0.2) is 0 Å². The van der Waals surface area contributed by atoms with Crippen LogP contribution in [0.2, 0.25) is 0 Å². The summed E-state index contributed by atoms with van der Waals surface area (Å²) in [6.45, 7) is 5.25. The fraction of sp³-hybridized carbons (Fsp3) is 0.591. The van der Waals surface area contributed by atoms with Crippen molar-refractivity contribution in [2.24, 2.45) is 13.0 Å². The third kappa shape index (κ3) is 2.51. The van der Waals surface area contributed by atoms with Crippen LogP contribution in [-0.2, 0) is 17.3 Å². The van der Waals surface area contributed by atoms with Crippen molar-refractivity contribution in [3.05, 3.63) is 29.5 Å². The first-order valence-electron chi connectivity index (χ1n) is 10.2. The maximum atomic E-state index is 12.0. The molecule has 150 valence electrons. The molecule has 3 aliphatic rings. The van der Waals surface area contributed by atoms with Gasteiger partial charge < -0.3 is 19.3 Å². The standard InChI is InChI=1S/C22H29N3O3/c1-14(27)25-12-22(13-25)11-24(9-15-4-5-15)19(10-26)21-20(22)17-7-6-16(28-3)8-18(17)23(21)2/h6-8,15,19,26H,4-5,9-13H2,1-3H3/t19-/m1/s1. The molecule has 1 atom stereocenters. The number of carbonyl (C=O) groups excluding carboxylic acids is 1. The van der Waals surface area contributed by atoms with Crippen LogP contribution < -0.4 is 4.74 Å². The zero-order valence-electron chi connectivity index (χ0n) is 16.9. The van der Waals surface area contributed by atoms with E-state index in [1.807, 2.05) is 11.0 Å². The van der Waals surface area contributed by atoms with Gasteiger partial charge in [-0.2, -0.15) is 0 Å². The number of nitrogens with zero attached hydrogens (tertiary/aromatic N) is 3. The monoisotopic (exact) mass is 383 g/mol. The Morgan fingerprint density at radius 1 is 1.29 bits per heavy atom. The molecule has 5 rings (SSSR count). The Bertz CT molecular complexity index is 940. The van der Waals surface area contributed by atoms with E-state index >= 15 is 0 Å². The fourth-order valence-electron chi connectivity index (χ4n) is 5.45. The summed E-state index contributed by atoms with van der Waals surface area (Å²) in [4.78, 5) is 16.4. The second-order valence-electron chi connectivity index (χ2n) is 8.93. The van der Waals surface area contributed by atoms with E-state index in [0.29, 0.717) is 0 Å². The van der Waals surface area contributed by atoms with E-state index in [9.17, 15) is 9.90 Å². The maximum absolute atomic E-state index is 12.0. The Balaban J connectivity index is 1.68. The Labute approximate surface area is 165 Å². The zero-order chi connectivity index (χ0) is 19.6. The second-order valence-corrected chi connectivity index (χ2v) is 8.93. The van der Waals surface area contributed by atoms with Crippen molar-refractivity contribution in [1.29, 1.82) is 0 Å². The van der Waals surface area contributed by atoms with Crippen LogP contribution in [0.1, 0.15) is 37.1 Å². The summed E-state index contributed by atoms with van der Waals surface area (Å²) in [6.07, 6.45) is 2.58. The number of aryl methyl sites for hydroxylation is 1. The number of carbonyl (C=O) groups is 1. The van der Waals surface area contributed by atoms with Crippen molar-refractivity contribution in [3.8, 4) is 5.75 Å². The van der Waals surface area contributed by atoms with E-state index in [-0.39, 0.29) is 24.0 Å². The van der Waals surface area contributed by atoms with Crippen molar-refractivity contribution in [2.45, 2.75) is 31.2 Å². The van der Waals surface area contributed by atoms with Gasteiger partial charge in [-0.05, 0) is 36.5 Å². The molecule has 1 spiro atoms. The summed E-state index contributed by atoms with van der Waals surface area (Å²) in [7, 11) is 3.79. The molecule has 1 saturated carbocycles. The van der Waals surface area contributed by atoms with Crippen molar-refractivity contribution in [3.63, 3.8) is 0 Å². The van der Waals surface area contributed by atoms with Crippen LogP contribution in [0.5, 0.6) is 5.75 Å². The van der Waals surface area contributed by atoms with Gasteiger partial charge >= 0.3 is 0 Å². The molecule has 2 aliphatic heterocycles. The summed E-state index contributed by atoms with van der Waals surface area (Å²) in [5, 5.41) is 11.6. The van der Waals surface area contributed by atoms with E-state index in [4.69, 9.17) is 4.74 Å². The summed E-state index contributed by atoms with van der Waals surface area (Å²) >= 11 is 0. The van der Waals surface area contributed by atoms with Crippen molar-refractivity contribution < 1.29 is 14.6 Å². The highest BCUT2D eigenvalue weighted by Gasteiger charge is 2.54. The normalized spacial score (nSPS) is 23.7. The van der Waals surface area contributed by atoms with Crippen LogP contribution in [0.3, 0.4) is 0 Å². The van der Waals surface area contributed by atoms with Gasteiger partial charge in [0.1, 0.15) is 5.75 Å². The lowest BCUT2D eigenvalue weighted by Crippen LogP contribution is -2.67. The van der Waals surface area contributed by atoms with E-state index in [1.54, 1.807) is 14.0 Å². The molecule has 1 aliphatic carbocycles. The van der Waals surface area contributed by atoms with Gasteiger partial charge in [0, 0.05) is 62.7 Å². The molecule has 2 aromatic rings. The number of methoxy groups -OCH3 is 1. The lowest BCUT2D eigenvalue weighted by atomic mass is 9.68. The number of benzene rings is 1. The molecule has 0 bridgehead atoms. The fourth-order valence-corrected chi connectivity index (χ4v) is 5.45. The van der Waals surface area contributed by atoms with Crippen LogP contribution in [0.15, 0.2) is 18.2 Å². The Morgan fingerprint density at radius 2 is 2.04 bits per heavy atom. The average Bonchev–Trinajstić information content (AvgIpc) is 3.42. The molecular weight excluding hydrogens is 354 g/mol. The number of aromatic nitrogens is 1. The maximum Gasteiger partial charge on any atom is 0.219 e. The molecule has 0 radical (unpaired) electrons. The predicted octanol–water partition coefficient (Wildman–Crippen LogP) is 2.05. The van der Waals surface area contributed by atoms with Crippen LogP contribution in [0.4, 0.5) is 0 Å². The first-order valence-corrected chi connectivity index (χ1v) is 10.2. The summed E-state index contributed by atoms with van der Waals surface area (Å²) in [5.74, 6) is 1.74. The summed E-state index contributed by atoms with van der Waals surface area (Å²) in [6, 6.07) is 6.26. The lowest BCUT2D eigenvalue weighted by Gasteiger charge is -2.56. The smallest absolute Gasteiger partial charge is 0.219 e. The second kappa shape index (κ2) is 6.22. The lowest BCUT2D eigenvalue weighted by molar-refractivity contribution is -0.138. The minimum Gasteiger partial charge on any atom is -0.497 e. The molecule has 3 heterocycles. The van der Waals surface area contributed by atoms with Gasteiger partial charge in [-0.15, -0.1) is 0 Å². The van der Waals surface area contributed by atoms with Gasteiger partial charge in [-0.3, -0.25) is 9.69 Å². The molecule has 2 fully saturated rings. The number of ether oxygens (including phenoxy) is 1. The number of rotatable bonds is 4. The highest BCUT2D eigenvalue weighted by Crippen LogP contribution is 2.50. The average molecular weight is 383 g/mol. The van der Waals surface area contributed by atoms with E-state index in [1.165, 1.54) is 29.5 Å². The van der Waals surface area contributed by atoms with Gasteiger partial charge in [-0.25, -0.2) is 0 Å². The van der Waals surface area contributed by atoms with Gasteiger partial charge in [-0.1, -0.05) is 0 Å². The minimum atomic E-state index is -0.0460. The molecule has 0 unspecified atom stereocenters. The van der Waals surface area contributed by atoms with E-state index in [0.717, 1.165) is 43.4 Å². The Hall–Kier alpha value is -2.05. The third-order valence-corrected chi connectivity index (χ3v) is 7.04. The topological polar surface area (TPSA) is 57.9 Å². The minimum absolute atomic E-state index is 0.0102. The number of fused-ring (bicyclic) bond motifs is 4. The first kappa shape index (κ1) is 18.0. The van der Waals surface area contributed by atoms with Crippen LogP contribution in [-0.4, -0.2) is 65.3 Å². The van der Waals surface area contributed by atoms with Crippen molar-refractivity contribution >= 4 is 16.8 Å². The Kier molecular flexibility index (Phi) is 4.00. The number of amides is 1. The SMILES string of the molecule is COc1ccc2c3c(n(C)c2c1)[C@@H](CO)N(CC1CC1)CC31CN(C(C)=O)C1. The van der Waals surface area contributed by atoms with Gasteiger partial charge in [0.05, 0.1) is 25.3 Å². The van der Waals surface area contributed by atoms with Crippen molar-refractivity contribution in [2.75, 3.05) is 39.9 Å². The van der Waals surface area contributed by atoms with E-state index < -0.39 is 0 Å². The summed E-state index contributed by atoms with van der Waals surface area (Å²) in [5.41, 5.74) is 3.63. The first-order chi connectivity index (χ1) is 13.5. The van der Waals surface area contributed by atoms with Crippen LogP contribution in [0, 0.1) is 5.92 Å². The van der Waals surface area contributed by atoms with Gasteiger partial charge in [0.25, 0.3) is 0 Å². The molecule has 1 amide bonds. The predicted molar refractivity (Wildman–Crippen MR) is 108 cm³/mol. The molecule has 6 nitrogen and oxygen atoms in total.